The van der Waals surface area contributed by atoms with Crippen LogP contribution in [0.1, 0.15) is 31.1 Å². The van der Waals surface area contributed by atoms with E-state index in [1.807, 2.05) is 0 Å². The molecule has 0 aliphatic carbocycles. The zero-order valence-electron chi connectivity index (χ0n) is 8.84. The van der Waals surface area contributed by atoms with Crippen molar-refractivity contribution in [1.29, 1.82) is 0 Å². The van der Waals surface area contributed by atoms with Crippen LogP contribution in [-0.4, -0.2) is 5.97 Å². The van der Waals surface area contributed by atoms with Gasteiger partial charge >= 0.3 is 12.1 Å². The minimum Gasteiger partial charge on any atom is -0.458 e. The Morgan fingerprint density at radius 3 is 2.50 bits per heavy atom. The lowest BCUT2D eigenvalue weighted by Gasteiger charge is -2.14. The number of rotatable bonds is 2. The molecule has 1 unspecified atom stereocenters. The highest BCUT2D eigenvalue weighted by Crippen LogP contribution is 2.31. The molecule has 0 N–H and O–H groups in total. The molecule has 0 saturated heterocycles. The molecule has 88 valence electrons. The SMILES string of the molecule is CC(=O)OC(C)c1cccc(C(F)(F)F)c1. The van der Waals surface area contributed by atoms with Crippen LogP contribution < -0.4 is 0 Å². The summed E-state index contributed by atoms with van der Waals surface area (Å²) in [6, 6.07) is 4.73. The summed E-state index contributed by atoms with van der Waals surface area (Å²) in [7, 11) is 0. The van der Waals surface area contributed by atoms with Crippen molar-refractivity contribution in [3.63, 3.8) is 0 Å². The number of esters is 1. The summed E-state index contributed by atoms with van der Waals surface area (Å²) in [6.45, 7) is 2.74. The van der Waals surface area contributed by atoms with Crippen LogP contribution in [0.4, 0.5) is 13.2 Å². The molecule has 0 bridgehead atoms. The van der Waals surface area contributed by atoms with E-state index in [-0.39, 0.29) is 0 Å². The van der Waals surface area contributed by atoms with Crippen LogP contribution in [-0.2, 0) is 15.7 Å². The first kappa shape index (κ1) is 12.5. The summed E-state index contributed by atoms with van der Waals surface area (Å²) in [5.74, 6) is -0.523. The van der Waals surface area contributed by atoms with Crippen LogP contribution in [0.3, 0.4) is 0 Å². The van der Waals surface area contributed by atoms with Crippen LogP contribution in [0.25, 0.3) is 0 Å². The van der Waals surface area contributed by atoms with Crippen molar-refractivity contribution in [2.24, 2.45) is 0 Å². The number of hydrogen-bond acceptors (Lipinski definition) is 2. The molecule has 2 nitrogen and oxygen atoms in total. The molecule has 0 spiro atoms. The molecule has 0 aliphatic heterocycles. The quantitative estimate of drug-likeness (QED) is 0.731. The van der Waals surface area contributed by atoms with E-state index >= 15 is 0 Å². The van der Waals surface area contributed by atoms with Gasteiger partial charge in [0.25, 0.3) is 0 Å². The van der Waals surface area contributed by atoms with Gasteiger partial charge in [-0.1, -0.05) is 12.1 Å². The van der Waals surface area contributed by atoms with Crippen molar-refractivity contribution in [3.8, 4) is 0 Å². The number of halogens is 3. The van der Waals surface area contributed by atoms with Crippen LogP contribution in [0.15, 0.2) is 24.3 Å². The van der Waals surface area contributed by atoms with Gasteiger partial charge in [0.05, 0.1) is 5.56 Å². The van der Waals surface area contributed by atoms with Gasteiger partial charge in [-0.2, -0.15) is 13.2 Å². The second kappa shape index (κ2) is 4.55. The number of hydrogen-bond donors (Lipinski definition) is 0. The van der Waals surface area contributed by atoms with Gasteiger partial charge in [0.2, 0.25) is 0 Å². The largest absolute Gasteiger partial charge is 0.458 e. The molecule has 0 amide bonds. The lowest BCUT2D eigenvalue weighted by Crippen LogP contribution is -2.08. The molecule has 1 aromatic carbocycles. The first-order chi connectivity index (χ1) is 7.30. The molecule has 1 rings (SSSR count). The van der Waals surface area contributed by atoms with Gasteiger partial charge < -0.3 is 4.74 Å². The molecule has 0 heterocycles. The Balaban J connectivity index is 2.94. The summed E-state index contributed by atoms with van der Waals surface area (Å²) in [4.78, 5) is 10.7. The highest BCUT2D eigenvalue weighted by Gasteiger charge is 2.30. The average molecular weight is 232 g/mol. The summed E-state index contributed by atoms with van der Waals surface area (Å²) in [6.07, 6.45) is -5.06. The van der Waals surface area contributed by atoms with Crippen molar-refractivity contribution in [2.45, 2.75) is 26.1 Å². The van der Waals surface area contributed by atoms with Gasteiger partial charge in [-0.3, -0.25) is 4.79 Å². The number of carbonyl (C=O) groups is 1. The Morgan fingerprint density at radius 2 is 2.00 bits per heavy atom. The fourth-order valence-corrected chi connectivity index (χ4v) is 1.28. The van der Waals surface area contributed by atoms with E-state index in [4.69, 9.17) is 4.74 Å². The highest BCUT2D eigenvalue weighted by molar-refractivity contribution is 5.66. The number of carbonyl (C=O) groups excluding carboxylic acids is 1. The zero-order chi connectivity index (χ0) is 12.3. The maximum Gasteiger partial charge on any atom is 0.416 e. The van der Waals surface area contributed by atoms with Gasteiger partial charge in [-0.25, -0.2) is 0 Å². The normalized spacial score (nSPS) is 13.3. The monoisotopic (exact) mass is 232 g/mol. The van der Waals surface area contributed by atoms with Gasteiger partial charge in [0.1, 0.15) is 6.10 Å². The first-order valence-corrected chi connectivity index (χ1v) is 4.65. The Morgan fingerprint density at radius 1 is 1.38 bits per heavy atom. The maximum absolute atomic E-state index is 12.4. The van der Waals surface area contributed by atoms with Crippen LogP contribution in [0.5, 0.6) is 0 Å². The highest BCUT2D eigenvalue weighted by atomic mass is 19.4. The van der Waals surface area contributed by atoms with E-state index in [0.717, 1.165) is 12.1 Å². The third-order valence-corrected chi connectivity index (χ3v) is 2.03. The standard InChI is InChI=1S/C11H11F3O2/c1-7(16-8(2)15)9-4-3-5-10(6-9)11(12,13)14/h3-7H,1-2H3. The van der Waals surface area contributed by atoms with E-state index in [1.165, 1.54) is 26.0 Å². The van der Waals surface area contributed by atoms with Gasteiger partial charge in [0.15, 0.2) is 0 Å². The van der Waals surface area contributed by atoms with Gasteiger partial charge in [-0.15, -0.1) is 0 Å². The second-order valence-corrected chi connectivity index (χ2v) is 3.37. The maximum atomic E-state index is 12.4. The molecule has 0 radical (unpaired) electrons. The molecule has 0 saturated carbocycles. The number of ether oxygens (including phenoxy) is 1. The third kappa shape index (κ3) is 3.25. The van der Waals surface area contributed by atoms with Crippen LogP contribution >= 0.6 is 0 Å². The first-order valence-electron chi connectivity index (χ1n) is 4.65. The molecule has 1 atom stereocenters. The van der Waals surface area contributed by atoms with Crippen molar-refractivity contribution in [3.05, 3.63) is 35.4 Å². The fraction of sp³-hybridized carbons (Fsp3) is 0.364. The number of alkyl halides is 3. The van der Waals surface area contributed by atoms with Gasteiger partial charge in [-0.05, 0) is 24.6 Å². The summed E-state index contributed by atoms with van der Waals surface area (Å²) in [5, 5.41) is 0. The van der Waals surface area contributed by atoms with E-state index in [1.54, 1.807) is 0 Å². The topological polar surface area (TPSA) is 26.3 Å². The molecular weight excluding hydrogens is 221 g/mol. The van der Waals surface area contributed by atoms with E-state index in [2.05, 4.69) is 0 Å². The third-order valence-electron chi connectivity index (χ3n) is 2.03. The molecule has 0 fully saturated rings. The summed E-state index contributed by atoms with van der Waals surface area (Å²) in [5.41, 5.74) is -0.422. The Hall–Kier alpha value is -1.52. The minimum atomic E-state index is -4.38. The molecule has 5 heteroatoms. The minimum absolute atomic E-state index is 0.324. The van der Waals surface area contributed by atoms with Crippen molar-refractivity contribution < 1.29 is 22.7 Å². The average Bonchev–Trinajstić information content (AvgIpc) is 2.15. The van der Waals surface area contributed by atoms with Crippen molar-refractivity contribution in [1.82, 2.24) is 0 Å². The lowest BCUT2D eigenvalue weighted by molar-refractivity contribution is -0.145. The van der Waals surface area contributed by atoms with E-state index in [9.17, 15) is 18.0 Å². The Kier molecular flexibility index (Phi) is 3.57. The van der Waals surface area contributed by atoms with Crippen molar-refractivity contribution >= 4 is 5.97 Å². The predicted molar refractivity (Wildman–Crippen MR) is 51.6 cm³/mol. The molecule has 1 aromatic rings. The molecular formula is C11H11F3O2. The van der Waals surface area contributed by atoms with Crippen molar-refractivity contribution in [2.75, 3.05) is 0 Å². The Labute approximate surface area is 91.0 Å². The molecule has 0 aromatic heterocycles. The zero-order valence-corrected chi connectivity index (χ0v) is 8.84. The summed E-state index contributed by atoms with van der Waals surface area (Å²) < 4.78 is 42.0. The van der Waals surface area contributed by atoms with E-state index < -0.39 is 23.8 Å². The van der Waals surface area contributed by atoms with Crippen LogP contribution in [0.2, 0.25) is 0 Å². The second-order valence-electron chi connectivity index (χ2n) is 3.37. The van der Waals surface area contributed by atoms with E-state index in [0.29, 0.717) is 5.56 Å². The molecule has 0 aliphatic rings. The number of benzene rings is 1. The predicted octanol–water partition coefficient (Wildman–Crippen LogP) is 3.33. The van der Waals surface area contributed by atoms with Gasteiger partial charge in [0, 0.05) is 6.92 Å². The van der Waals surface area contributed by atoms with Crippen LogP contribution in [0, 0.1) is 0 Å². The molecule has 16 heavy (non-hydrogen) atoms. The summed E-state index contributed by atoms with van der Waals surface area (Å²) >= 11 is 0. The Bertz CT molecular complexity index is 385. The smallest absolute Gasteiger partial charge is 0.416 e. The lowest BCUT2D eigenvalue weighted by atomic mass is 10.1. The fourth-order valence-electron chi connectivity index (χ4n) is 1.28.